The number of rotatable bonds is 9. The van der Waals surface area contributed by atoms with Gasteiger partial charge in [0.1, 0.15) is 0 Å². The Morgan fingerprint density at radius 3 is 1.61 bits per heavy atom. The molecule has 7 heteroatoms. The van der Waals surface area contributed by atoms with Gasteiger partial charge in [0.2, 0.25) is 0 Å². The quantitative estimate of drug-likeness (QED) is 0.387. The second kappa shape index (κ2) is 14.0. The number of Topliss-reactive ketones (excluding diaryl/α,β-unsaturated/α-hetero) is 1. The van der Waals surface area contributed by atoms with Gasteiger partial charge in [0.05, 0.1) is 0 Å². The molecule has 5 nitrogen and oxygen atoms in total. The van der Waals surface area contributed by atoms with Crippen LogP contribution in [0.25, 0.3) is 0 Å². The average Bonchev–Trinajstić information content (AvgIpc) is 2.19. The van der Waals surface area contributed by atoms with E-state index in [4.69, 9.17) is 17.5 Å². The first kappa shape index (κ1) is 20.8. The number of unbranched alkanes of at least 4 members (excludes halogenated alkanes) is 6. The zero-order chi connectivity index (χ0) is 14.4. The second-order valence-corrected chi connectivity index (χ2v) is 6.27. The van der Waals surface area contributed by atoms with Gasteiger partial charge in [-0.3, -0.25) is 9.11 Å². The molecule has 0 spiro atoms. The van der Waals surface area contributed by atoms with Crippen molar-refractivity contribution in [2.24, 2.45) is 0 Å². The molecule has 0 saturated carbocycles. The Balaban J connectivity index is 0. The minimum absolute atomic E-state index is 0.343. The number of hydrogen-bond donors (Lipinski definition) is 2. The average molecular weight is 290 g/mol. The van der Waals surface area contributed by atoms with Gasteiger partial charge in [-0.15, -0.1) is 0 Å². The summed E-state index contributed by atoms with van der Waals surface area (Å²) in [6.07, 6.45) is 10.1. The van der Waals surface area contributed by atoms with Crippen molar-refractivity contribution in [3.8, 4) is 0 Å². The van der Waals surface area contributed by atoms with Gasteiger partial charge >= 0.3 is 111 Å². The van der Waals surface area contributed by atoms with E-state index in [0.29, 0.717) is 5.78 Å². The molecule has 0 amide bonds. The van der Waals surface area contributed by atoms with Crippen molar-refractivity contribution in [2.45, 2.75) is 62.0 Å². The van der Waals surface area contributed by atoms with E-state index < -0.39 is 10.4 Å². The third-order valence-corrected chi connectivity index (χ3v) is 3.09. The SMILES string of the molecule is CC(=O)CCCCCCCC[CH2][Na].O=S(=O)(O)O. The number of carbonyl (C=O) groups is 1. The predicted octanol–water partition coefficient (Wildman–Crippen LogP) is 2.63. The first-order valence-electron chi connectivity index (χ1n) is 6.46. The van der Waals surface area contributed by atoms with Crippen molar-refractivity contribution in [1.82, 2.24) is 0 Å². The summed E-state index contributed by atoms with van der Waals surface area (Å²) < 4.78 is 33.0. The molecule has 0 aromatic rings. The van der Waals surface area contributed by atoms with Crippen molar-refractivity contribution < 1.29 is 22.3 Å². The summed E-state index contributed by atoms with van der Waals surface area (Å²) in [5.74, 6) is 0.343. The van der Waals surface area contributed by atoms with Crippen LogP contribution in [0.3, 0.4) is 0 Å². The van der Waals surface area contributed by atoms with Gasteiger partial charge in [-0.1, -0.05) is 0 Å². The number of carbonyl (C=O) groups excluding carboxylic acids is 1. The van der Waals surface area contributed by atoms with Crippen LogP contribution in [0.5, 0.6) is 0 Å². The Hall–Kier alpha value is 0.540. The summed E-state index contributed by atoms with van der Waals surface area (Å²) in [7, 11) is -4.67. The molecular formula is C11H23NaO5S. The maximum absolute atomic E-state index is 10.6. The Bertz CT molecular complexity index is 282. The third kappa shape index (κ3) is 36.0. The molecular weight excluding hydrogens is 267 g/mol. The van der Waals surface area contributed by atoms with Crippen LogP contribution in [0.2, 0.25) is 3.67 Å². The molecule has 2 N–H and O–H groups in total. The zero-order valence-electron chi connectivity index (χ0n) is 11.4. The fraction of sp³-hybridized carbons (Fsp3) is 0.909. The number of ketones is 1. The summed E-state index contributed by atoms with van der Waals surface area (Å²) in [6, 6.07) is 0. The van der Waals surface area contributed by atoms with Crippen molar-refractivity contribution >= 4 is 44.1 Å². The summed E-state index contributed by atoms with van der Waals surface area (Å²) in [5, 5.41) is 0. The molecule has 0 fully saturated rings. The van der Waals surface area contributed by atoms with Crippen LogP contribution in [0.4, 0.5) is 0 Å². The summed E-state index contributed by atoms with van der Waals surface area (Å²) >= 11 is 1.37. The second-order valence-electron chi connectivity index (χ2n) is 4.37. The van der Waals surface area contributed by atoms with Crippen molar-refractivity contribution in [1.29, 1.82) is 0 Å². The maximum atomic E-state index is 10.6. The molecule has 0 saturated heterocycles. The molecule has 0 aliphatic carbocycles. The maximum Gasteiger partial charge on any atom is 0.394 e. The van der Waals surface area contributed by atoms with Crippen LogP contribution in [-0.4, -0.2) is 51.2 Å². The smallest absolute Gasteiger partial charge is 0.264 e. The van der Waals surface area contributed by atoms with E-state index in [1.807, 2.05) is 0 Å². The third-order valence-electron chi connectivity index (χ3n) is 2.38. The molecule has 0 bridgehead atoms. The predicted molar refractivity (Wildman–Crippen MR) is 72.4 cm³/mol. The van der Waals surface area contributed by atoms with Crippen LogP contribution in [0.1, 0.15) is 58.3 Å². The molecule has 18 heavy (non-hydrogen) atoms. The van der Waals surface area contributed by atoms with E-state index in [-0.39, 0.29) is 0 Å². The van der Waals surface area contributed by atoms with E-state index in [1.165, 1.54) is 70.1 Å². The Morgan fingerprint density at radius 1 is 0.944 bits per heavy atom. The molecule has 0 aliphatic rings. The molecule has 0 rings (SSSR count). The van der Waals surface area contributed by atoms with E-state index in [2.05, 4.69) is 0 Å². The van der Waals surface area contributed by atoms with Gasteiger partial charge in [-0.2, -0.15) is 8.42 Å². The van der Waals surface area contributed by atoms with Gasteiger partial charge in [-0.05, 0) is 0 Å². The van der Waals surface area contributed by atoms with E-state index in [1.54, 1.807) is 6.92 Å². The first-order valence-corrected chi connectivity index (χ1v) is 9.27. The van der Waals surface area contributed by atoms with Crippen LogP contribution >= 0.6 is 0 Å². The standard InChI is InChI=1S/C11H21O.Na.H2O4S/c1-3-4-5-6-7-8-9-10-11(2)12;;1-5(2,3)4/h1,3-10H2,2H3;;(H2,1,2,3,4). The molecule has 0 aromatic carbocycles. The summed E-state index contributed by atoms with van der Waals surface area (Å²) in [5.41, 5.74) is 0. The largest absolute Gasteiger partial charge is 0.394 e. The molecule has 0 radical (unpaired) electrons. The van der Waals surface area contributed by atoms with Crippen LogP contribution in [0, 0.1) is 0 Å². The first-order chi connectivity index (χ1) is 8.27. The molecule has 0 unspecified atom stereocenters. The topological polar surface area (TPSA) is 91.7 Å². The molecule has 0 atom stereocenters. The summed E-state index contributed by atoms with van der Waals surface area (Å²) in [6.45, 7) is 1.69. The van der Waals surface area contributed by atoms with E-state index in [0.717, 1.165) is 12.8 Å². The van der Waals surface area contributed by atoms with Crippen molar-refractivity contribution in [3.05, 3.63) is 0 Å². The van der Waals surface area contributed by atoms with Crippen molar-refractivity contribution in [3.63, 3.8) is 0 Å². The Labute approximate surface area is 128 Å². The van der Waals surface area contributed by atoms with Gasteiger partial charge in [-0.25, -0.2) is 0 Å². The normalized spacial score (nSPS) is 10.7. The monoisotopic (exact) mass is 290 g/mol. The van der Waals surface area contributed by atoms with Gasteiger partial charge < -0.3 is 0 Å². The minimum atomic E-state index is -4.67. The Morgan fingerprint density at radius 2 is 1.28 bits per heavy atom. The summed E-state index contributed by atoms with van der Waals surface area (Å²) in [4.78, 5) is 10.6. The van der Waals surface area contributed by atoms with Crippen LogP contribution < -0.4 is 0 Å². The molecule has 0 aliphatic heterocycles. The minimum Gasteiger partial charge on any atom is -0.264 e. The van der Waals surface area contributed by atoms with Gasteiger partial charge in [0, 0.05) is 0 Å². The molecule has 104 valence electrons. The number of hydrogen-bond acceptors (Lipinski definition) is 3. The zero-order valence-corrected chi connectivity index (χ0v) is 14.2. The fourth-order valence-corrected chi connectivity index (χ4v) is 2.01. The van der Waals surface area contributed by atoms with E-state index >= 15 is 0 Å². The Kier molecular flexibility index (Phi) is 16.2. The molecule has 0 aromatic heterocycles. The molecule has 0 heterocycles. The van der Waals surface area contributed by atoms with Crippen LogP contribution in [0.15, 0.2) is 0 Å². The van der Waals surface area contributed by atoms with Gasteiger partial charge in [0.25, 0.3) is 0 Å². The van der Waals surface area contributed by atoms with Gasteiger partial charge in [0.15, 0.2) is 0 Å². The fourth-order valence-electron chi connectivity index (χ4n) is 1.51. The van der Waals surface area contributed by atoms with Crippen LogP contribution in [-0.2, 0) is 15.2 Å². The van der Waals surface area contributed by atoms with Crippen molar-refractivity contribution in [2.75, 3.05) is 0 Å². The van der Waals surface area contributed by atoms with E-state index in [9.17, 15) is 4.79 Å².